The Bertz CT molecular complexity index is 2130. The van der Waals surface area contributed by atoms with Crippen molar-refractivity contribution in [3.05, 3.63) is 117 Å². The van der Waals surface area contributed by atoms with Crippen molar-refractivity contribution in [2.75, 3.05) is 13.1 Å². The van der Waals surface area contributed by atoms with Crippen LogP contribution < -0.4 is 10.9 Å². The minimum absolute atomic E-state index is 0.00616. The van der Waals surface area contributed by atoms with Crippen LogP contribution in [0.4, 0.5) is 26.3 Å². The van der Waals surface area contributed by atoms with E-state index < -0.39 is 64.9 Å². The first-order valence-electron chi connectivity index (χ1n) is 15.4. The first kappa shape index (κ1) is 34.2. The van der Waals surface area contributed by atoms with Gasteiger partial charge in [0.2, 0.25) is 0 Å². The highest BCUT2D eigenvalue weighted by atomic mass is 19.4. The third-order valence-electron chi connectivity index (χ3n) is 8.95. The van der Waals surface area contributed by atoms with Crippen molar-refractivity contribution in [1.82, 2.24) is 14.8 Å². The number of nitrogens with zero attached hydrogens (tertiary/aromatic N) is 2. The van der Waals surface area contributed by atoms with E-state index in [0.717, 1.165) is 10.6 Å². The molecule has 1 aliphatic heterocycles. The van der Waals surface area contributed by atoms with Crippen LogP contribution in [0.15, 0.2) is 83.7 Å². The Hall–Kier alpha value is -4.72. The van der Waals surface area contributed by atoms with Crippen LogP contribution >= 0.6 is 0 Å². The zero-order chi connectivity index (χ0) is 35.2. The number of fused-ring (bicyclic) bond motifs is 2. The van der Waals surface area contributed by atoms with E-state index in [0.29, 0.717) is 10.9 Å². The van der Waals surface area contributed by atoms with E-state index in [1.165, 1.54) is 60.5 Å². The zero-order valence-electron chi connectivity index (χ0n) is 26.1. The van der Waals surface area contributed by atoms with E-state index in [-0.39, 0.29) is 53.3 Å². The molecule has 6 rings (SSSR count). The Kier molecular flexibility index (Phi) is 9.03. The van der Waals surface area contributed by atoms with Crippen LogP contribution in [0.2, 0.25) is 0 Å². The lowest BCUT2D eigenvalue weighted by molar-refractivity contribution is -0.135. The van der Waals surface area contributed by atoms with E-state index in [1.54, 1.807) is 24.3 Å². The van der Waals surface area contributed by atoms with Gasteiger partial charge in [0.1, 0.15) is 5.82 Å². The second-order valence-electron chi connectivity index (χ2n) is 12.2. The van der Waals surface area contributed by atoms with Crippen LogP contribution in [0.25, 0.3) is 32.8 Å². The molecule has 0 saturated carbocycles. The van der Waals surface area contributed by atoms with E-state index >= 15 is 4.39 Å². The molecule has 13 heteroatoms. The summed E-state index contributed by atoms with van der Waals surface area (Å²) in [6.45, 7) is -0.647. The lowest BCUT2D eigenvalue weighted by Crippen LogP contribution is -2.45. The predicted octanol–water partition coefficient (Wildman–Crippen LogP) is 6.01. The van der Waals surface area contributed by atoms with Gasteiger partial charge in [-0.2, -0.15) is 13.2 Å². The van der Waals surface area contributed by atoms with Gasteiger partial charge < -0.3 is 20.1 Å². The Morgan fingerprint density at radius 3 is 2.27 bits per heavy atom. The van der Waals surface area contributed by atoms with Crippen molar-refractivity contribution < 1.29 is 41.4 Å². The summed E-state index contributed by atoms with van der Waals surface area (Å²) in [6, 6.07) is 17.2. The largest absolute Gasteiger partial charge is 0.417 e. The fraction of sp³-hybridized carbons (Fsp3) is 0.278. The maximum Gasteiger partial charge on any atom is 0.417 e. The van der Waals surface area contributed by atoms with Gasteiger partial charge >= 0.3 is 6.18 Å². The summed E-state index contributed by atoms with van der Waals surface area (Å²) in [5, 5.41) is 23.5. The van der Waals surface area contributed by atoms with E-state index in [2.05, 4.69) is 5.32 Å². The summed E-state index contributed by atoms with van der Waals surface area (Å²) >= 11 is 0. The molecule has 0 unspecified atom stereocenters. The standard InChI is InChI=1S/C36H31F6N3O4/c1-44-28-14-3-2-9-25(28)31(36(40,41)42)30(33(44)47)24-12-6-10-22-20(7-4-11-23(22)24)17-27(34(48)49)43-32(46)29-21(8-5-13-26(29)37)18-45-16-15-35(38,39)19-45/h2-14,27,34,48-49H,15-19H2,1H3,(H,43,46)/t27-/m0/s1. The summed E-state index contributed by atoms with van der Waals surface area (Å²) in [5.41, 5.74) is -2.30. The zero-order valence-corrected chi connectivity index (χ0v) is 26.1. The number of rotatable bonds is 8. The molecule has 1 fully saturated rings. The van der Waals surface area contributed by atoms with Crippen molar-refractivity contribution >= 4 is 27.6 Å². The lowest BCUT2D eigenvalue weighted by atomic mass is 9.90. The first-order valence-corrected chi connectivity index (χ1v) is 15.4. The summed E-state index contributed by atoms with van der Waals surface area (Å²) in [7, 11) is 1.39. The SMILES string of the molecule is Cn1c(=O)c(-c2cccc3c(C[C@H](NC(=O)c4c(F)cccc4CN4CCC(F)(F)C4)C(O)O)cccc23)c(C(F)(F)F)c2ccccc21. The quantitative estimate of drug-likeness (QED) is 0.138. The van der Waals surface area contributed by atoms with Crippen molar-refractivity contribution in [3.63, 3.8) is 0 Å². The van der Waals surface area contributed by atoms with Crippen LogP contribution in [0, 0.1) is 5.82 Å². The molecule has 1 amide bonds. The maximum atomic E-state index is 15.0. The number of aliphatic hydroxyl groups excluding tert-OH is 1. The average Bonchev–Trinajstić information content (AvgIpc) is 3.39. The van der Waals surface area contributed by atoms with Crippen LogP contribution in [0.5, 0.6) is 0 Å². The molecule has 0 spiro atoms. The number of halogens is 6. The number of pyridine rings is 1. The Balaban J connectivity index is 1.37. The minimum atomic E-state index is -4.89. The van der Waals surface area contributed by atoms with Gasteiger partial charge in [-0.05, 0) is 46.0 Å². The molecule has 3 N–H and O–H groups in total. The number of alkyl halides is 5. The second kappa shape index (κ2) is 13.0. The monoisotopic (exact) mass is 683 g/mol. The van der Waals surface area contributed by atoms with Gasteiger partial charge in [0.05, 0.1) is 34.8 Å². The van der Waals surface area contributed by atoms with E-state index in [4.69, 9.17) is 0 Å². The van der Waals surface area contributed by atoms with E-state index in [1.807, 2.05) is 0 Å². The molecule has 1 saturated heterocycles. The first-order chi connectivity index (χ1) is 23.2. The number of carbonyl (C=O) groups excluding carboxylic acids is 1. The molecule has 5 aromatic rings. The van der Waals surface area contributed by atoms with E-state index in [9.17, 15) is 41.8 Å². The van der Waals surface area contributed by atoms with Crippen molar-refractivity contribution in [2.45, 2.75) is 43.8 Å². The highest BCUT2D eigenvalue weighted by Crippen LogP contribution is 2.42. The van der Waals surface area contributed by atoms with Crippen LogP contribution in [0.1, 0.15) is 33.5 Å². The fourth-order valence-electron chi connectivity index (χ4n) is 6.66. The van der Waals surface area contributed by atoms with Gasteiger partial charge in [-0.15, -0.1) is 0 Å². The van der Waals surface area contributed by atoms with Crippen molar-refractivity contribution in [3.8, 4) is 11.1 Å². The number of aromatic nitrogens is 1. The number of nitrogens with one attached hydrogen (secondary N) is 1. The lowest BCUT2D eigenvalue weighted by Gasteiger charge is -2.24. The third kappa shape index (κ3) is 6.65. The molecule has 0 aliphatic carbocycles. The molecule has 49 heavy (non-hydrogen) atoms. The molecule has 256 valence electrons. The molecule has 1 atom stereocenters. The summed E-state index contributed by atoms with van der Waals surface area (Å²) in [5.74, 6) is -4.85. The number of aryl methyl sites for hydroxylation is 1. The molecular weight excluding hydrogens is 652 g/mol. The smallest absolute Gasteiger partial charge is 0.366 e. The number of para-hydroxylation sites is 1. The van der Waals surface area contributed by atoms with Gasteiger partial charge in [-0.3, -0.25) is 14.5 Å². The maximum absolute atomic E-state index is 15.0. The van der Waals surface area contributed by atoms with Crippen molar-refractivity contribution in [1.29, 1.82) is 0 Å². The molecule has 4 aromatic carbocycles. The van der Waals surface area contributed by atoms with Gasteiger partial charge in [0.25, 0.3) is 17.4 Å². The van der Waals surface area contributed by atoms with Gasteiger partial charge in [-0.1, -0.05) is 66.7 Å². The molecule has 1 aliphatic rings. The summed E-state index contributed by atoms with van der Waals surface area (Å²) < 4.78 is 87.8. The number of aliphatic hydroxyl groups is 2. The highest BCUT2D eigenvalue weighted by molar-refractivity contribution is 6.02. The summed E-state index contributed by atoms with van der Waals surface area (Å²) in [6.07, 6.45) is -7.67. The normalized spacial score (nSPS) is 15.7. The number of amides is 1. The number of hydrogen-bond acceptors (Lipinski definition) is 5. The Morgan fingerprint density at radius 1 is 0.918 bits per heavy atom. The Labute approximate surface area is 276 Å². The fourth-order valence-corrected chi connectivity index (χ4v) is 6.66. The average molecular weight is 684 g/mol. The van der Waals surface area contributed by atoms with Gasteiger partial charge in [0.15, 0.2) is 6.29 Å². The van der Waals surface area contributed by atoms with Crippen LogP contribution in [0.3, 0.4) is 0 Å². The number of hydrogen-bond donors (Lipinski definition) is 3. The second-order valence-corrected chi connectivity index (χ2v) is 12.2. The highest BCUT2D eigenvalue weighted by Gasteiger charge is 2.39. The minimum Gasteiger partial charge on any atom is -0.366 e. The van der Waals surface area contributed by atoms with Crippen LogP contribution in [-0.2, 0) is 26.2 Å². The molecule has 0 radical (unpaired) electrons. The molecule has 7 nitrogen and oxygen atoms in total. The molecule has 1 aromatic heterocycles. The summed E-state index contributed by atoms with van der Waals surface area (Å²) in [4.78, 5) is 28.4. The number of benzene rings is 4. The third-order valence-corrected chi connectivity index (χ3v) is 8.95. The molecular formula is C36H31F6N3O4. The van der Waals surface area contributed by atoms with Gasteiger partial charge in [0, 0.05) is 31.9 Å². The number of likely N-dealkylation sites (tertiary alicyclic amines) is 1. The molecule has 0 bridgehead atoms. The predicted molar refractivity (Wildman–Crippen MR) is 172 cm³/mol. The van der Waals surface area contributed by atoms with Crippen molar-refractivity contribution in [2.24, 2.45) is 7.05 Å². The molecule has 2 heterocycles. The van der Waals surface area contributed by atoms with Gasteiger partial charge in [-0.25, -0.2) is 13.2 Å². The van der Waals surface area contributed by atoms with Crippen LogP contribution in [-0.4, -0.2) is 56.9 Å². The topological polar surface area (TPSA) is 94.8 Å². The Morgan fingerprint density at radius 2 is 1.57 bits per heavy atom. The number of carbonyl (C=O) groups is 1.